The molecule has 0 fully saturated rings. The van der Waals surface area contributed by atoms with Gasteiger partial charge in [0.15, 0.2) is 11.6 Å². The molecule has 21 heavy (non-hydrogen) atoms. The van der Waals surface area contributed by atoms with Crippen LogP contribution in [0.1, 0.15) is 12.8 Å². The fraction of sp³-hybridized carbons (Fsp3) is 0.429. The number of carboxylic acids is 1. The Kier molecular flexibility index (Phi) is 7.60. The largest absolute Gasteiger partial charge is 0.490 e. The number of benzene rings is 1. The molecule has 1 aromatic carbocycles. The van der Waals surface area contributed by atoms with Crippen molar-refractivity contribution in [3.8, 4) is 5.75 Å². The molecule has 0 aliphatic rings. The number of hydrogen-bond acceptors (Lipinski definition) is 4. The van der Waals surface area contributed by atoms with Gasteiger partial charge in [-0.3, -0.25) is 4.79 Å². The number of para-hydroxylation sites is 1. The van der Waals surface area contributed by atoms with Gasteiger partial charge in [-0.15, -0.1) is 0 Å². The minimum absolute atomic E-state index is 0.0123. The summed E-state index contributed by atoms with van der Waals surface area (Å²) in [5, 5.41) is 11.4. The first-order valence-electron chi connectivity index (χ1n) is 6.43. The molecule has 0 spiro atoms. The third-order valence-corrected chi connectivity index (χ3v) is 3.31. The van der Waals surface area contributed by atoms with E-state index < -0.39 is 23.7 Å². The van der Waals surface area contributed by atoms with Crippen molar-refractivity contribution < 1.29 is 23.8 Å². The minimum Gasteiger partial charge on any atom is -0.490 e. The average Bonchev–Trinajstić information content (AvgIpc) is 2.45. The molecule has 1 rings (SSSR count). The maximum Gasteiger partial charge on any atom is 0.326 e. The number of halogens is 1. The van der Waals surface area contributed by atoms with Crippen LogP contribution in [0.3, 0.4) is 0 Å². The number of carbonyl (C=O) groups excluding carboxylic acids is 1. The summed E-state index contributed by atoms with van der Waals surface area (Å²) in [4.78, 5) is 22.6. The van der Waals surface area contributed by atoms with Crippen molar-refractivity contribution in [3.63, 3.8) is 0 Å². The lowest BCUT2D eigenvalue weighted by Gasteiger charge is -2.14. The number of amides is 1. The molecule has 0 radical (unpaired) electrons. The summed E-state index contributed by atoms with van der Waals surface area (Å²) >= 11 is 1.51. The minimum atomic E-state index is -1.06. The second-order valence-corrected chi connectivity index (χ2v) is 5.25. The Morgan fingerprint density at radius 3 is 2.76 bits per heavy atom. The van der Waals surface area contributed by atoms with E-state index in [9.17, 15) is 14.0 Å². The van der Waals surface area contributed by atoms with Crippen LogP contribution in [0.5, 0.6) is 5.75 Å². The molecule has 5 nitrogen and oxygen atoms in total. The van der Waals surface area contributed by atoms with Gasteiger partial charge in [-0.05, 0) is 30.6 Å². The van der Waals surface area contributed by atoms with Gasteiger partial charge in [0.25, 0.3) is 0 Å². The van der Waals surface area contributed by atoms with E-state index in [-0.39, 0.29) is 18.8 Å². The van der Waals surface area contributed by atoms with Gasteiger partial charge in [0.1, 0.15) is 6.04 Å². The summed E-state index contributed by atoms with van der Waals surface area (Å²) in [7, 11) is 0. The maximum absolute atomic E-state index is 13.3. The summed E-state index contributed by atoms with van der Waals surface area (Å²) < 4.78 is 18.4. The highest BCUT2D eigenvalue weighted by atomic mass is 32.2. The van der Waals surface area contributed by atoms with E-state index in [2.05, 4.69) is 5.32 Å². The highest BCUT2D eigenvalue weighted by molar-refractivity contribution is 7.98. The van der Waals surface area contributed by atoms with Crippen molar-refractivity contribution in [2.24, 2.45) is 0 Å². The van der Waals surface area contributed by atoms with Gasteiger partial charge in [0, 0.05) is 0 Å². The molecule has 0 saturated carbocycles. The van der Waals surface area contributed by atoms with E-state index in [4.69, 9.17) is 9.84 Å². The number of rotatable bonds is 9. The normalized spacial score (nSPS) is 11.7. The molecule has 0 aliphatic heterocycles. The molecular weight excluding hydrogens is 297 g/mol. The fourth-order valence-electron chi connectivity index (χ4n) is 1.58. The molecule has 1 amide bonds. The van der Waals surface area contributed by atoms with E-state index in [1.165, 1.54) is 30.0 Å². The lowest BCUT2D eigenvalue weighted by atomic mass is 10.2. The zero-order valence-corrected chi connectivity index (χ0v) is 12.5. The van der Waals surface area contributed by atoms with Crippen molar-refractivity contribution >= 4 is 23.6 Å². The van der Waals surface area contributed by atoms with E-state index in [0.717, 1.165) is 0 Å². The van der Waals surface area contributed by atoms with Crippen molar-refractivity contribution in [1.82, 2.24) is 5.32 Å². The molecule has 0 heterocycles. The lowest BCUT2D eigenvalue weighted by molar-refractivity contribution is -0.141. The topological polar surface area (TPSA) is 75.6 Å². The summed E-state index contributed by atoms with van der Waals surface area (Å²) in [6, 6.07) is 4.99. The van der Waals surface area contributed by atoms with Crippen molar-refractivity contribution in [1.29, 1.82) is 0 Å². The smallest absolute Gasteiger partial charge is 0.326 e. The van der Waals surface area contributed by atoms with Crippen molar-refractivity contribution in [2.75, 3.05) is 18.6 Å². The molecule has 1 atom stereocenters. The molecule has 0 aromatic heterocycles. The Labute approximate surface area is 126 Å². The van der Waals surface area contributed by atoms with Gasteiger partial charge < -0.3 is 15.2 Å². The van der Waals surface area contributed by atoms with Gasteiger partial charge in [0.05, 0.1) is 13.0 Å². The van der Waals surface area contributed by atoms with Gasteiger partial charge in [0.2, 0.25) is 5.91 Å². The Morgan fingerprint density at radius 1 is 1.43 bits per heavy atom. The number of nitrogens with one attached hydrogen (secondary N) is 1. The van der Waals surface area contributed by atoms with Gasteiger partial charge in [-0.2, -0.15) is 11.8 Å². The number of hydrogen-bond donors (Lipinski definition) is 2. The number of carbonyl (C=O) groups is 2. The molecule has 0 unspecified atom stereocenters. The summed E-state index contributed by atoms with van der Waals surface area (Å²) in [5.74, 6) is -1.28. The number of ether oxygens (including phenoxy) is 1. The van der Waals surface area contributed by atoms with Crippen molar-refractivity contribution in [3.05, 3.63) is 30.1 Å². The second-order valence-electron chi connectivity index (χ2n) is 4.27. The number of carboxylic acid groups (broad SMARTS) is 1. The van der Waals surface area contributed by atoms with Crippen LogP contribution >= 0.6 is 11.8 Å². The van der Waals surface area contributed by atoms with Crippen LogP contribution in [0.15, 0.2) is 24.3 Å². The van der Waals surface area contributed by atoms with Gasteiger partial charge in [-0.25, -0.2) is 9.18 Å². The standard InChI is InChI=1S/C14H18FNO4S/c1-21-9-7-11(14(18)19)16-13(17)6-8-20-12-5-3-2-4-10(12)15/h2-5,11H,6-9H2,1H3,(H,16,17)(H,18,19)/t11-/m0/s1. The summed E-state index contributed by atoms with van der Waals surface area (Å²) in [6.45, 7) is -0.0123. The monoisotopic (exact) mass is 315 g/mol. The van der Waals surface area contributed by atoms with E-state index >= 15 is 0 Å². The fourth-order valence-corrected chi connectivity index (χ4v) is 2.05. The molecule has 7 heteroatoms. The predicted octanol–water partition coefficient (Wildman–Crippen LogP) is 1.92. The Hall–Kier alpha value is -1.76. The predicted molar refractivity (Wildman–Crippen MR) is 79.1 cm³/mol. The lowest BCUT2D eigenvalue weighted by Crippen LogP contribution is -2.41. The molecule has 116 valence electrons. The zero-order valence-electron chi connectivity index (χ0n) is 11.7. The van der Waals surface area contributed by atoms with Crippen LogP contribution in [0.25, 0.3) is 0 Å². The van der Waals surface area contributed by atoms with Crippen molar-refractivity contribution in [2.45, 2.75) is 18.9 Å². The molecule has 2 N–H and O–H groups in total. The SMILES string of the molecule is CSCC[C@H](NC(=O)CCOc1ccccc1F)C(=O)O. The van der Waals surface area contributed by atoms with E-state index in [0.29, 0.717) is 12.2 Å². The molecule has 1 aromatic rings. The quantitative estimate of drug-likeness (QED) is 0.728. The zero-order chi connectivity index (χ0) is 15.7. The molecule has 0 aliphatic carbocycles. The van der Waals surface area contributed by atoms with Crippen LogP contribution in [0, 0.1) is 5.82 Å². The third kappa shape index (κ3) is 6.48. The van der Waals surface area contributed by atoms with E-state index in [1.54, 1.807) is 6.07 Å². The van der Waals surface area contributed by atoms with Crippen LogP contribution in [-0.2, 0) is 9.59 Å². The molecule has 0 bridgehead atoms. The maximum atomic E-state index is 13.3. The summed E-state index contributed by atoms with van der Waals surface area (Å²) in [6.07, 6.45) is 2.19. The van der Waals surface area contributed by atoms with Crippen LogP contribution in [0.4, 0.5) is 4.39 Å². The Morgan fingerprint density at radius 2 is 2.14 bits per heavy atom. The highest BCUT2D eigenvalue weighted by Crippen LogP contribution is 2.15. The Bertz CT molecular complexity index is 484. The first-order valence-corrected chi connectivity index (χ1v) is 7.82. The summed E-state index contributed by atoms with van der Waals surface area (Å²) in [5.41, 5.74) is 0. The third-order valence-electron chi connectivity index (χ3n) is 2.67. The number of aliphatic carboxylic acids is 1. The second kappa shape index (κ2) is 9.23. The Balaban J connectivity index is 2.36. The van der Waals surface area contributed by atoms with Crippen LogP contribution in [-0.4, -0.2) is 41.6 Å². The van der Waals surface area contributed by atoms with E-state index in [1.807, 2.05) is 6.26 Å². The molecular formula is C14H18FNO4S. The van der Waals surface area contributed by atoms with Gasteiger partial charge >= 0.3 is 5.97 Å². The van der Waals surface area contributed by atoms with Crippen LogP contribution < -0.4 is 10.1 Å². The highest BCUT2D eigenvalue weighted by Gasteiger charge is 2.19. The first kappa shape index (κ1) is 17.3. The van der Waals surface area contributed by atoms with Gasteiger partial charge in [-0.1, -0.05) is 12.1 Å². The molecule has 0 saturated heterocycles. The number of thioether (sulfide) groups is 1. The average molecular weight is 315 g/mol. The van der Waals surface area contributed by atoms with Crippen LogP contribution in [0.2, 0.25) is 0 Å². The first-order chi connectivity index (χ1) is 10.0.